The molecule has 5 nitrogen and oxygen atoms in total. The number of thiophene rings is 1. The first-order chi connectivity index (χ1) is 9.02. The van der Waals surface area contributed by atoms with Crippen LogP contribution in [0.1, 0.15) is 21.5 Å². The largest absolute Gasteiger partial charge is 0.331 e. The molecule has 2 heterocycles. The lowest BCUT2D eigenvalue weighted by Crippen LogP contribution is -2.39. The van der Waals surface area contributed by atoms with Crippen molar-refractivity contribution in [1.29, 1.82) is 0 Å². The van der Waals surface area contributed by atoms with E-state index in [4.69, 9.17) is 0 Å². The lowest BCUT2D eigenvalue weighted by molar-refractivity contribution is 0.0972. The number of rotatable bonds is 4. The molecule has 2 rings (SSSR count). The summed E-state index contributed by atoms with van der Waals surface area (Å²) in [5, 5.41) is 0. The highest BCUT2D eigenvalue weighted by atomic mass is 32.1. The molecule has 0 saturated heterocycles. The van der Waals surface area contributed by atoms with Gasteiger partial charge in [0.25, 0.3) is 5.56 Å². The molecule has 2 aromatic heterocycles. The van der Waals surface area contributed by atoms with Gasteiger partial charge in [-0.25, -0.2) is 4.79 Å². The second-order valence-electron chi connectivity index (χ2n) is 4.18. The zero-order valence-corrected chi connectivity index (χ0v) is 11.6. The number of Topliss-reactive ketones (excluding diaryl/α,β-unsaturated/α-hetero) is 1. The summed E-state index contributed by atoms with van der Waals surface area (Å²) in [5.74, 6) is -0.213. The van der Waals surface area contributed by atoms with Gasteiger partial charge in [-0.3, -0.25) is 14.2 Å². The van der Waals surface area contributed by atoms with Gasteiger partial charge in [0.1, 0.15) is 0 Å². The summed E-state index contributed by atoms with van der Waals surface area (Å²) in [7, 11) is 1.54. The van der Waals surface area contributed by atoms with Crippen LogP contribution in [-0.4, -0.2) is 14.9 Å². The van der Waals surface area contributed by atoms with Crippen molar-refractivity contribution < 1.29 is 4.79 Å². The van der Waals surface area contributed by atoms with Gasteiger partial charge in [0.15, 0.2) is 5.78 Å². The molecule has 0 saturated carbocycles. The van der Waals surface area contributed by atoms with E-state index in [1.54, 1.807) is 13.1 Å². The zero-order chi connectivity index (χ0) is 14.0. The van der Waals surface area contributed by atoms with E-state index >= 15 is 0 Å². The molecule has 0 amide bonds. The maximum absolute atomic E-state index is 12.1. The number of ketones is 1. The lowest BCUT2D eigenvalue weighted by Gasteiger charge is -2.04. The quantitative estimate of drug-likeness (QED) is 0.785. The molecule has 0 radical (unpaired) electrons. The first kappa shape index (κ1) is 13.5. The van der Waals surface area contributed by atoms with Crippen molar-refractivity contribution in [1.82, 2.24) is 9.13 Å². The first-order valence-corrected chi connectivity index (χ1v) is 6.73. The number of nitrogens with zero attached hydrogens (tertiary/aromatic N) is 2. The highest BCUT2D eigenvalue weighted by molar-refractivity contribution is 7.14. The molecule has 0 unspecified atom stereocenters. The Bertz CT molecular complexity index is 724. The van der Waals surface area contributed by atoms with Crippen molar-refractivity contribution in [3.05, 3.63) is 55.0 Å². The van der Waals surface area contributed by atoms with Gasteiger partial charge in [-0.05, 0) is 18.6 Å². The van der Waals surface area contributed by atoms with E-state index in [9.17, 15) is 14.4 Å². The smallest absolute Gasteiger partial charge is 0.303 e. The van der Waals surface area contributed by atoms with Gasteiger partial charge < -0.3 is 4.57 Å². The average molecular weight is 278 g/mol. The molecule has 0 aliphatic carbocycles. The Kier molecular flexibility index (Phi) is 3.80. The molecule has 6 heteroatoms. The van der Waals surface area contributed by atoms with E-state index < -0.39 is 11.2 Å². The topological polar surface area (TPSA) is 61.1 Å². The summed E-state index contributed by atoms with van der Waals surface area (Å²) in [6.45, 7) is 1.80. The van der Waals surface area contributed by atoms with Crippen LogP contribution in [-0.2, 0) is 20.0 Å². The van der Waals surface area contributed by atoms with Crippen LogP contribution in [0.3, 0.4) is 0 Å². The minimum absolute atomic E-state index is 0.212. The first-order valence-electron chi connectivity index (χ1n) is 5.91. The van der Waals surface area contributed by atoms with Crippen molar-refractivity contribution in [2.75, 3.05) is 0 Å². The third kappa shape index (κ3) is 2.73. The monoisotopic (exact) mass is 278 g/mol. The second kappa shape index (κ2) is 5.36. The van der Waals surface area contributed by atoms with Gasteiger partial charge in [0.2, 0.25) is 0 Å². The number of hydrogen-bond acceptors (Lipinski definition) is 4. The Morgan fingerprint density at radius 1 is 1.26 bits per heavy atom. The number of aryl methyl sites for hydroxylation is 2. The van der Waals surface area contributed by atoms with Crippen molar-refractivity contribution in [3.8, 4) is 0 Å². The van der Waals surface area contributed by atoms with Crippen molar-refractivity contribution in [3.63, 3.8) is 0 Å². The highest BCUT2D eigenvalue weighted by Gasteiger charge is 2.12. The molecular formula is C13H14N2O3S. The summed E-state index contributed by atoms with van der Waals surface area (Å²) in [6, 6.07) is 4.91. The van der Waals surface area contributed by atoms with E-state index in [2.05, 4.69) is 0 Å². The molecule has 0 aromatic carbocycles. The van der Waals surface area contributed by atoms with Gasteiger partial charge in [0, 0.05) is 24.2 Å². The van der Waals surface area contributed by atoms with Crippen LogP contribution in [0, 0.1) is 0 Å². The Morgan fingerprint density at radius 2 is 2.00 bits per heavy atom. The number of hydrogen-bond donors (Lipinski definition) is 0. The molecule has 2 aromatic rings. The third-order valence-electron chi connectivity index (χ3n) is 2.83. The molecule has 0 atom stereocenters. The molecule has 0 spiro atoms. The average Bonchev–Trinajstić information content (AvgIpc) is 2.88. The minimum Gasteiger partial charge on any atom is -0.303 e. The van der Waals surface area contributed by atoms with Gasteiger partial charge in [0.05, 0.1) is 11.4 Å². The summed E-state index contributed by atoms with van der Waals surface area (Å²) in [6.07, 6.45) is 2.26. The van der Waals surface area contributed by atoms with Crippen LogP contribution in [0.4, 0.5) is 0 Å². The third-order valence-corrected chi connectivity index (χ3v) is 4.10. The van der Waals surface area contributed by atoms with Crippen molar-refractivity contribution in [2.24, 2.45) is 7.05 Å². The summed E-state index contributed by atoms with van der Waals surface area (Å²) >= 11 is 1.40. The Morgan fingerprint density at radius 3 is 2.63 bits per heavy atom. The Balaban J connectivity index is 2.32. The van der Waals surface area contributed by atoms with E-state index in [1.807, 2.05) is 13.0 Å². The van der Waals surface area contributed by atoms with Crippen LogP contribution in [0.25, 0.3) is 0 Å². The molecule has 0 fully saturated rings. The summed E-state index contributed by atoms with van der Waals surface area (Å²) in [4.78, 5) is 37.2. The fourth-order valence-electron chi connectivity index (χ4n) is 1.70. The van der Waals surface area contributed by atoms with E-state index in [1.165, 1.54) is 28.2 Å². The summed E-state index contributed by atoms with van der Waals surface area (Å²) < 4.78 is 2.23. The molecule has 0 N–H and O–H groups in total. The number of carbonyl (C=O) groups is 1. The Hall–Kier alpha value is -1.95. The van der Waals surface area contributed by atoms with Crippen molar-refractivity contribution >= 4 is 17.1 Å². The molecule has 100 valence electrons. The van der Waals surface area contributed by atoms with Crippen LogP contribution in [0.2, 0.25) is 0 Å². The molecule has 19 heavy (non-hydrogen) atoms. The van der Waals surface area contributed by atoms with Crippen LogP contribution in [0.5, 0.6) is 0 Å². The van der Waals surface area contributed by atoms with E-state index in [0.29, 0.717) is 4.88 Å². The number of carbonyl (C=O) groups excluding carboxylic acids is 1. The van der Waals surface area contributed by atoms with Gasteiger partial charge in [-0.2, -0.15) is 0 Å². The fraction of sp³-hybridized carbons (Fsp3) is 0.308. The normalized spacial score (nSPS) is 10.6. The maximum Gasteiger partial charge on any atom is 0.331 e. The predicted molar refractivity (Wildman–Crippen MR) is 74.0 cm³/mol. The van der Waals surface area contributed by atoms with Crippen LogP contribution in [0.15, 0.2) is 34.0 Å². The predicted octanol–water partition coefficient (Wildman–Crippen LogP) is 1.05. The SMILES string of the molecule is CCc1ccc(C(=O)Cn2c(=O)ccn(C)c2=O)s1. The van der Waals surface area contributed by atoms with Crippen molar-refractivity contribution in [2.45, 2.75) is 19.9 Å². The van der Waals surface area contributed by atoms with Gasteiger partial charge >= 0.3 is 5.69 Å². The number of aromatic nitrogens is 2. The van der Waals surface area contributed by atoms with E-state index in [0.717, 1.165) is 15.9 Å². The fourth-order valence-corrected chi connectivity index (χ4v) is 2.58. The highest BCUT2D eigenvalue weighted by Crippen LogP contribution is 2.17. The van der Waals surface area contributed by atoms with Crippen LogP contribution >= 0.6 is 11.3 Å². The van der Waals surface area contributed by atoms with Gasteiger partial charge in [-0.1, -0.05) is 6.92 Å². The molecule has 0 bridgehead atoms. The zero-order valence-electron chi connectivity index (χ0n) is 10.8. The Labute approximate surface area is 113 Å². The summed E-state index contributed by atoms with van der Waals surface area (Å²) in [5.41, 5.74) is -0.933. The molecule has 0 aliphatic heterocycles. The standard InChI is InChI=1S/C13H14N2O3S/c1-3-9-4-5-11(19-9)10(16)8-15-12(17)6-7-14(2)13(15)18/h4-7H,3,8H2,1-2H3. The second-order valence-corrected chi connectivity index (χ2v) is 5.34. The molecule has 0 aliphatic rings. The minimum atomic E-state index is -0.479. The van der Waals surface area contributed by atoms with Gasteiger partial charge in [-0.15, -0.1) is 11.3 Å². The van der Waals surface area contributed by atoms with Crippen LogP contribution < -0.4 is 11.2 Å². The maximum atomic E-state index is 12.1. The van der Waals surface area contributed by atoms with E-state index in [-0.39, 0.29) is 12.3 Å². The lowest BCUT2D eigenvalue weighted by atomic mass is 10.3. The molecular weight excluding hydrogens is 264 g/mol.